The summed E-state index contributed by atoms with van der Waals surface area (Å²) < 4.78 is 24.3. The van der Waals surface area contributed by atoms with Crippen LogP contribution in [0.3, 0.4) is 0 Å². The van der Waals surface area contributed by atoms with Gasteiger partial charge in [0.25, 0.3) is 5.91 Å². The average molecular weight is 465 g/mol. The predicted molar refractivity (Wildman–Crippen MR) is 124 cm³/mol. The number of methoxy groups -OCH3 is 1. The van der Waals surface area contributed by atoms with Crippen molar-refractivity contribution in [3.05, 3.63) is 54.0 Å². The molecule has 176 valence electrons. The molecule has 34 heavy (non-hydrogen) atoms. The first kappa shape index (κ1) is 21.9. The van der Waals surface area contributed by atoms with Crippen LogP contribution in [0.5, 0.6) is 5.88 Å². The second-order valence-electron chi connectivity index (χ2n) is 8.48. The molecule has 0 bridgehead atoms. The van der Waals surface area contributed by atoms with Crippen LogP contribution in [0, 0.1) is 18.7 Å². The van der Waals surface area contributed by atoms with Crippen molar-refractivity contribution in [3.8, 4) is 5.88 Å². The molecule has 0 spiro atoms. The number of nitrogens with one attached hydrogen (secondary N) is 1. The molecule has 2 fully saturated rings. The van der Waals surface area contributed by atoms with Gasteiger partial charge in [0.05, 0.1) is 30.5 Å². The van der Waals surface area contributed by atoms with Crippen molar-refractivity contribution in [3.63, 3.8) is 0 Å². The highest BCUT2D eigenvalue weighted by Gasteiger charge is 2.38. The van der Waals surface area contributed by atoms with Crippen LogP contribution in [-0.2, 0) is 9.53 Å². The number of halogens is 1. The normalized spacial score (nSPS) is 18.1. The third kappa shape index (κ3) is 4.07. The van der Waals surface area contributed by atoms with E-state index in [9.17, 15) is 14.0 Å². The van der Waals surface area contributed by atoms with Crippen molar-refractivity contribution in [2.45, 2.75) is 13.0 Å². The first-order valence-electron chi connectivity index (χ1n) is 11.0. The third-order valence-corrected chi connectivity index (χ3v) is 6.18. The van der Waals surface area contributed by atoms with E-state index in [-0.39, 0.29) is 18.4 Å². The van der Waals surface area contributed by atoms with Crippen LogP contribution in [0.15, 0.2) is 42.6 Å². The van der Waals surface area contributed by atoms with Crippen LogP contribution in [0.1, 0.15) is 5.56 Å². The van der Waals surface area contributed by atoms with Crippen molar-refractivity contribution in [2.24, 2.45) is 5.92 Å². The molecule has 2 aliphatic heterocycles. The number of hydrogen-bond donors (Lipinski definition) is 1. The molecule has 2 aromatic heterocycles. The Morgan fingerprint density at radius 2 is 2.06 bits per heavy atom. The number of benzene rings is 1. The highest BCUT2D eigenvalue weighted by Crippen LogP contribution is 2.31. The molecule has 10 heteroatoms. The Morgan fingerprint density at radius 3 is 2.82 bits per heavy atom. The van der Waals surface area contributed by atoms with E-state index in [2.05, 4.69) is 20.2 Å². The lowest BCUT2D eigenvalue weighted by Crippen LogP contribution is -2.52. The minimum absolute atomic E-state index is 0.0421. The summed E-state index contributed by atoms with van der Waals surface area (Å²) in [4.78, 5) is 37.1. The highest BCUT2D eigenvalue weighted by molar-refractivity contribution is 5.95. The van der Waals surface area contributed by atoms with Gasteiger partial charge in [0.15, 0.2) is 6.10 Å². The number of ether oxygens (including phenoxy) is 2. The summed E-state index contributed by atoms with van der Waals surface area (Å²) in [5, 5.41) is 2.88. The van der Waals surface area contributed by atoms with Crippen LogP contribution in [-0.4, -0.2) is 61.4 Å². The Balaban J connectivity index is 1.15. The largest absolute Gasteiger partial charge is 0.481 e. The van der Waals surface area contributed by atoms with Gasteiger partial charge >= 0.3 is 6.09 Å². The molecule has 0 unspecified atom stereocenters. The molecule has 2 amide bonds. The first-order valence-corrected chi connectivity index (χ1v) is 11.0. The number of amides is 2. The summed E-state index contributed by atoms with van der Waals surface area (Å²) in [5.74, 6) is 0.00259. The Kier molecular flexibility index (Phi) is 5.64. The van der Waals surface area contributed by atoms with Gasteiger partial charge in [-0.05, 0) is 36.8 Å². The van der Waals surface area contributed by atoms with Crippen molar-refractivity contribution in [1.29, 1.82) is 0 Å². The molecule has 9 nitrogen and oxygen atoms in total. The minimum atomic E-state index is -0.936. The lowest BCUT2D eigenvalue weighted by Gasteiger charge is -2.41. The summed E-state index contributed by atoms with van der Waals surface area (Å²) in [7, 11) is 1.58. The molecule has 2 saturated heterocycles. The van der Waals surface area contributed by atoms with Gasteiger partial charge < -0.3 is 19.7 Å². The predicted octanol–water partition coefficient (Wildman–Crippen LogP) is 2.66. The highest BCUT2D eigenvalue weighted by atomic mass is 19.1. The van der Waals surface area contributed by atoms with Crippen molar-refractivity contribution in [1.82, 2.24) is 15.3 Å². The number of carbonyl (C=O) groups is 2. The Labute approximate surface area is 195 Å². The quantitative estimate of drug-likeness (QED) is 0.598. The third-order valence-electron chi connectivity index (χ3n) is 6.18. The Bertz CT molecular complexity index is 1260. The number of aromatic nitrogens is 2. The van der Waals surface area contributed by atoms with Gasteiger partial charge in [-0.1, -0.05) is 6.07 Å². The van der Waals surface area contributed by atoms with E-state index in [0.717, 1.165) is 29.8 Å². The van der Waals surface area contributed by atoms with Crippen LogP contribution in [0.2, 0.25) is 0 Å². The van der Waals surface area contributed by atoms with Gasteiger partial charge in [0.2, 0.25) is 5.88 Å². The summed E-state index contributed by atoms with van der Waals surface area (Å²) in [6.45, 7) is 3.64. The molecule has 0 aliphatic carbocycles. The number of fused-ring (bicyclic) bond motifs is 1. The Morgan fingerprint density at radius 1 is 1.24 bits per heavy atom. The maximum Gasteiger partial charge on any atom is 0.415 e. The van der Waals surface area contributed by atoms with Gasteiger partial charge in [-0.25, -0.2) is 14.2 Å². The topological polar surface area (TPSA) is 96.9 Å². The summed E-state index contributed by atoms with van der Waals surface area (Å²) >= 11 is 0. The van der Waals surface area contributed by atoms with Gasteiger partial charge in [0, 0.05) is 37.8 Å². The molecule has 3 aromatic rings. The van der Waals surface area contributed by atoms with E-state index in [1.807, 2.05) is 12.1 Å². The van der Waals surface area contributed by atoms with Crippen molar-refractivity contribution < 1.29 is 23.5 Å². The van der Waals surface area contributed by atoms with E-state index >= 15 is 0 Å². The fraction of sp³-hybridized carbons (Fsp3) is 0.333. The summed E-state index contributed by atoms with van der Waals surface area (Å²) in [6, 6.07) is 10.1. The average Bonchev–Trinajstić information content (AvgIpc) is 3.21. The standard InChI is InChI=1S/C24H24FN5O4/c1-14-3-4-16(9-17(14)25)30-13-20(34-24(30)32)23(31)27-10-15-11-29(12-15)19-7-8-26-18-5-6-21(33-2)28-22(18)19/h3-9,15,20H,10-13H2,1-2H3,(H,27,31)/t20-/m0/s1. The van der Waals surface area contributed by atoms with E-state index < -0.39 is 18.0 Å². The second kappa shape index (κ2) is 8.77. The maximum absolute atomic E-state index is 13.9. The minimum Gasteiger partial charge on any atom is -0.481 e. The molecule has 1 N–H and O–H groups in total. The maximum atomic E-state index is 13.9. The van der Waals surface area contributed by atoms with Crippen molar-refractivity contribution >= 4 is 34.4 Å². The monoisotopic (exact) mass is 465 g/mol. The number of anilines is 2. The lowest BCUT2D eigenvalue weighted by atomic mass is 9.99. The molecule has 4 heterocycles. The van der Waals surface area contributed by atoms with E-state index in [4.69, 9.17) is 9.47 Å². The number of carbonyl (C=O) groups excluding carboxylic acids is 2. The SMILES string of the molecule is COc1ccc2nccc(N3CC(CNC(=O)[C@@H]4CN(c5ccc(C)c(F)c5)C(=O)O4)C3)c2n1. The van der Waals surface area contributed by atoms with Gasteiger partial charge in [-0.2, -0.15) is 0 Å². The summed E-state index contributed by atoms with van der Waals surface area (Å²) in [6.07, 6.45) is 0.153. The first-order chi connectivity index (χ1) is 16.4. The molecule has 0 radical (unpaired) electrons. The second-order valence-corrected chi connectivity index (χ2v) is 8.48. The van der Waals surface area contributed by atoms with Gasteiger partial charge in [-0.15, -0.1) is 0 Å². The molecule has 1 atom stereocenters. The molecular formula is C24H24FN5O4. The van der Waals surface area contributed by atoms with Crippen molar-refractivity contribution in [2.75, 3.05) is 43.1 Å². The van der Waals surface area contributed by atoms with Gasteiger partial charge in [0.1, 0.15) is 11.3 Å². The zero-order valence-corrected chi connectivity index (χ0v) is 18.8. The fourth-order valence-corrected chi connectivity index (χ4v) is 4.18. The van der Waals surface area contributed by atoms with Crippen LogP contribution >= 0.6 is 0 Å². The number of rotatable bonds is 6. The molecule has 1 aromatic carbocycles. The van der Waals surface area contributed by atoms with E-state index in [1.54, 1.807) is 38.4 Å². The number of cyclic esters (lactones) is 1. The molecule has 0 saturated carbocycles. The van der Waals surface area contributed by atoms with Crippen LogP contribution in [0.4, 0.5) is 20.6 Å². The lowest BCUT2D eigenvalue weighted by molar-refractivity contribution is -0.127. The number of aryl methyl sites for hydroxylation is 1. The smallest absolute Gasteiger partial charge is 0.415 e. The molecular weight excluding hydrogens is 441 g/mol. The van der Waals surface area contributed by atoms with Crippen LogP contribution < -0.4 is 19.9 Å². The molecule has 5 rings (SSSR count). The fourth-order valence-electron chi connectivity index (χ4n) is 4.18. The zero-order valence-electron chi connectivity index (χ0n) is 18.8. The summed E-state index contributed by atoms with van der Waals surface area (Å²) in [5.41, 5.74) is 3.38. The van der Waals surface area contributed by atoms with Gasteiger partial charge in [-0.3, -0.25) is 14.7 Å². The van der Waals surface area contributed by atoms with E-state index in [1.165, 1.54) is 11.0 Å². The van der Waals surface area contributed by atoms with E-state index in [0.29, 0.717) is 23.7 Å². The van der Waals surface area contributed by atoms with Crippen LogP contribution in [0.25, 0.3) is 11.0 Å². The molecule has 2 aliphatic rings. The Hall–Kier alpha value is -3.95. The zero-order chi connectivity index (χ0) is 23.8. The number of hydrogen-bond acceptors (Lipinski definition) is 7. The number of pyridine rings is 2. The number of nitrogens with zero attached hydrogens (tertiary/aromatic N) is 4.